The summed E-state index contributed by atoms with van der Waals surface area (Å²) >= 11 is 0. The predicted molar refractivity (Wildman–Crippen MR) is 234 cm³/mol. The van der Waals surface area contributed by atoms with Gasteiger partial charge in [0.2, 0.25) is 47.3 Å². The molecular formula is C40H61N9O19P+. The number of nitrogens with one attached hydrogen (secondary N) is 7. The Morgan fingerprint density at radius 2 is 1.17 bits per heavy atom. The van der Waals surface area contributed by atoms with Crippen molar-refractivity contribution in [1.82, 2.24) is 47.0 Å². The van der Waals surface area contributed by atoms with E-state index in [2.05, 4.69) is 37.2 Å². The van der Waals surface area contributed by atoms with Crippen LogP contribution >= 0.6 is 8.17 Å². The molecule has 10 atom stereocenters. The average molecular weight is 1000 g/mol. The standard InChI is InChI=1S/C40H60N9O19P/c1-20(53)31(37(60)44-26(17-51)38(61)48-13-3-6-29(48)35(58)45-27(18-52)40(63)64)47-36(59)30-7-4-14-49(30)39(62)28(19-68-69(65,66)67)46-33(56)24(15-21-8-10-22(54)11-9-21)42-34(57)25(16-50)43-32(55)23-5-2-12-41-23/h8-11,20,23-31,41,50-53,65-67H,2-7,12-19H2,1H3,(H7-,42,43,44,45,46,47,54,55,56,57,58,59,60,63,64)/p+1/t20-,23+,24+,25+,26+,27+,28+,29+,30+,31+/m1/s1. The molecule has 28 nitrogen and oxygen atoms in total. The van der Waals surface area contributed by atoms with Crippen LogP contribution in [0.5, 0.6) is 5.75 Å². The molecular weight excluding hydrogens is 941 g/mol. The fourth-order valence-electron chi connectivity index (χ4n) is 7.91. The smallest absolute Gasteiger partial charge is 0.508 e. The third-order valence-electron chi connectivity index (χ3n) is 11.6. The van der Waals surface area contributed by atoms with Crippen molar-refractivity contribution in [2.45, 2.75) is 112 Å². The number of phenols is 1. The molecule has 0 saturated carbocycles. The van der Waals surface area contributed by atoms with Crippen LogP contribution in [0.25, 0.3) is 0 Å². The summed E-state index contributed by atoms with van der Waals surface area (Å²) in [5.74, 6) is -9.62. The number of carbonyl (C=O) groups is 9. The number of aliphatic carboxylic acids is 1. The molecule has 1 aromatic carbocycles. The third kappa shape index (κ3) is 15.9. The van der Waals surface area contributed by atoms with Crippen molar-refractivity contribution in [2.24, 2.45) is 0 Å². The SMILES string of the molecule is C[C@@H](O)[C@H](NC(=O)[C@@H]1CCCN1C(=O)[C@H](CO[P+](O)(O)O)NC(=O)[C@H](Cc1ccc(O)cc1)NC(=O)[C@H](CO)NC(=O)[C@@H]1CCCN1)C(=O)N[C@@H](CO)C(=O)N1CCC[C@H]1C(=O)N[C@@H](CO)C(=O)O. The Morgan fingerprint density at radius 3 is 1.68 bits per heavy atom. The molecule has 3 aliphatic rings. The molecule has 3 heterocycles. The molecule has 8 amide bonds. The van der Waals surface area contributed by atoms with E-state index in [-0.39, 0.29) is 50.9 Å². The second kappa shape index (κ2) is 25.8. The van der Waals surface area contributed by atoms with Gasteiger partial charge in [0.25, 0.3) is 0 Å². The zero-order valence-electron chi connectivity index (χ0n) is 37.4. The number of rotatable bonds is 24. The molecule has 0 bridgehead atoms. The van der Waals surface area contributed by atoms with Crippen molar-refractivity contribution >= 4 is 61.4 Å². The van der Waals surface area contributed by atoms with Crippen LogP contribution in [0.4, 0.5) is 0 Å². The Bertz CT molecular complexity index is 2000. The maximum atomic E-state index is 14.2. The van der Waals surface area contributed by atoms with E-state index in [0.29, 0.717) is 24.9 Å². The first-order valence-electron chi connectivity index (χ1n) is 22.0. The van der Waals surface area contributed by atoms with Gasteiger partial charge < -0.3 is 77.7 Å². The molecule has 3 saturated heterocycles. The largest absolute Gasteiger partial charge is 0.567 e. The minimum atomic E-state index is -5.09. The van der Waals surface area contributed by atoms with Crippen LogP contribution in [-0.2, 0) is 54.1 Å². The summed E-state index contributed by atoms with van der Waals surface area (Å²) in [6.07, 6.45) is -0.412. The van der Waals surface area contributed by atoms with Gasteiger partial charge in [-0.25, -0.2) is 4.79 Å². The van der Waals surface area contributed by atoms with Gasteiger partial charge in [0.1, 0.15) is 60.7 Å². The molecule has 0 unspecified atom stereocenters. The first-order valence-corrected chi connectivity index (χ1v) is 23.5. The Balaban J connectivity index is 1.50. The number of amides is 8. The number of nitrogens with zero attached hydrogens (tertiary/aromatic N) is 2. The van der Waals surface area contributed by atoms with E-state index in [1.54, 1.807) is 0 Å². The second-order valence-electron chi connectivity index (χ2n) is 16.6. The van der Waals surface area contributed by atoms with E-state index in [9.17, 15) is 88.5 Å². The number of phenolic OH excluding ortho intramolecular Hbond substituents is 1. The van der Waals surface area contributed by atoms with E-state index in [0.717, 1.165) is 16.7 Å². The topological polar surface area (TPSA) is 436 Å². The molecule has 0 spiro atoms. The van der Waals surface area contributed by atoms with Gasteiger partial charge in [-0.3, -0.25) is 38.4 Å². The van der Waals surface area contributed by atoms with Crippen molar-refractivity contribution in [3.63, 3.8) is 0 Å². The molecule has 69 heavy (non-hydrogen) atoms. The summed E-state index contributed by atoms with van der Waals surface area (Å²) in [5, 5.41) is 75.8. The van der Waals surface area contributed by atoms with E-state index < -0.39 is 148 Å². The van der Waals surface area contributed by atoms with Crippen LogP contribution in [0.1, 0.15) is 51.0 Å². The van der Waals surface area contributed by atoms with Crippen LogP contribution in [-0.4, -0.2) is 215 Å². The van der Waals surface area contributed by atoms with Crippen molar-refractivity contribution < 1.29 is 93.0 Å². The second-order valence-corrected chi connectivity index (χ2v) is 17.9. The third-order valence-corrected chi connectivity index (χ3v) is 12.1. The maximum Gasteiger partial charge on any atom is 0.567 e. The molecule has 16 N–H and O–H groups in total. The quantitative estimate of drug-likeness (QED) is 0.0428. The van der Waals surface area contributed by atoms with Crippen molar-refractivity contribution in [1.29, 1.82) is 0 Å². The monoisotopic (exact) mass is 1000 g/mol. The number of benzene rings is 1. The van der Waals surface area contributed by atoms with Crippen LogP contribution in [0.3, 0.4) is 0 Å². The Labute approximate surface area is 394 Å². The summed E-state index contributed by atoms with van der Waals surface area (Å²) in [6, 6.07) is -8.26. The van der Waals surface area contributed by atoms with Gasteiger partial charge in [0.15, 0.2) is 0 Å². The average Bonchev–Trinajstić information content (AvgIpc) is 4.12. The summed E-state index contributed by atoms with van der Waals surface area (Å²) in [6.45, 7) is -2.54. The maximum absolute atomic E-state index is 14.2. The molecule has 0 radical (unpaired) electrons. The number of carbonyl (C=O) groups excluding carboxylic acids is 8. The van der Waals surface area contributed by atoms with Gasteiger partial charge in [0.05, 0.1) is 32.0 Å². The number of hydrogen-bond donors (Lipinski definition) is 16. The minimum absolute atomic E-state index is 0.0393. The summed E-state index contributed by atoms with van der Waals surface area (Å²) in [4.78, 5) is 151. The molecule has 4 rings (SSSR count). The molecule has 1 aromatic rings. The van der Waals surface area contributed by atoms with Crippen LogP contribution < -0.4 is 37.2 Å². The Morgan fingerprint density at radius 1 is 0.667 bits per heavy atom. The zero-order chi connectivity index (χ0) is 51.2. The Kier molecular flexibility index (Phi) is 20.9. The minimum Gasteiger partial charge on any atom is -0.508 e. The number of aliphatic hydroxyl groups excluding tert-OH is 4. The fraction of sp³-hybridized carbons (Fsp3) is 0.625. The van der Waals surface area contributed by atoms with Gasteiger partial charge in [-0.2, -0.15) is 19.2 Å². The highest BCUT2D eigenvalue weighted by molar-refractivity contribution is 7.53. The van der Waals surface area contributed by atoms with E-state index in [1.807, 2.05) is 0 Å². The lowest BCUT2D eigenvalue weighted by molar-refractivity contribution is -0.146. The molecule has 0 aliphatic carbocycles. The lowest BCUT2D eigenvalue weighted by Crippen LogP contribution is -2.62. The van der Waals surface area contributed by atoms with E-state index in [1.165, 1.54) is 24.3 Å². The molecule has 3 fully saturated rings. The van der Waals surface area contributed by atoms with Crippen molar-refractivity contribution in [3.8, 4) is 5.75 Å². The predicted octanol–water partition coefficient (Wildman–Crippen LogP) is -7.31. The number of aromatic hydroxyl groups is 1. The van der Waals surface area contributed by atoms with Crippen molar-refractivity contribution in [3.05, 3.63) is 29.8 Å². The van der Waals surface area contributed by atoms with Gasteiger partial charge in [-0.1, -0.05) is 12.1 Å². The first-order chi connectivity index (χ1) is 32.6. The van der Waals surface area contributed by atoms with Crippen LogP contribution in [0, 0.1) is 0 Å². The highest BCUT2D eigenvalue weighted by Crippen LogP contribution is 2.45. The fourth-order valence-corrected chi connectivity index (χ4v) is 8.26. The van der Waals surface area contributed by atoms with E-state index in [4.69, 9.17) is 4.52 Å². The first kappa shape index (κ1) is 55.9. The van der Waals surface area contributed by atoms with Gasteiger partial charge in [-0.05, 0) is 69.7 Å². The number of carboxylic acids is 1. The summed E-state index contributed by atoms with van der Waals surface area (Å²) < 4.78 is 4.71. The van der Waals surface area contributed by atoms with Gasteiger partial charge in [-0.15, -0.1) is 0 Å². The van der Waals surface area contributed by atoms with Gasteiger partial charge >= 0.3 is 14.1 Å². The van der Waals surface area contributed by atoms with Crippen LogP contribution in [0.15, 0.2) is 24.3 Å². The highest BCUT2D eigenvalue weighted by atomic mass is 31.2. The molecule has 0 aromatic heterocycles. The van der Waals surface area contributed by atoms with Crippen LogP contribution in [0.2, 0.25) is 0 Å². The lowest BCUT2D eigenvalue weighted by Gasteiger charge is -2.31. The normalized spacial score (nSPS) is 21.1. The van der Waals surface area contributed by atoms with E-state index >= 15 is 0 Å². The number of likely N-dealkylation sites (tertiary alicyclic amines) is 2. The zero-order valence-corrected chi connectivity index (χ0v) is 38.3. The van der Waals surface area contributed by atoms with Gasteiger partial charge in [0, 0.05) is 19.5 Å². The van der Waals surface area contributed by atoms with Crippen molar-refractivity contribution in [2.75, 3.05) is 46.1 Å². The number of hydrogen-bond acceptors (Lipinski definition) is 19. The number of carboxylic acid groups (broad SMARTS) is 1. The number of aliphatic hydroxyl groups is 4. The lowest BCUT2D eigenvalue weighted by atomic mass is 10.0. The Hall–Kier alpha value is -5.68. The summed E-state index contributed by atoms with van der Waals surface area (Å²) in [5.41, 5.74) is 0.360. The summed E-state index contributed by atoms with van der Waals surface area (Å²) in [7, 11) is -5.09. The molecule has 384 valence electrons. The molecule has 29 heteroatoms. The molecule has 3 aliphatic heterocycles. The highest BCUT2D eigenvalue weighted by Gasteiger charge is 2.44.